The van der Waals surface area contributed by atoms with Crippen LogP contribution in [0.2, 0.25) is 0 Å². The number of aliphatic hydroxyl groups excluding tert-OH is 1. The maximum absolute atomic E-state index is 11.3. The van der Waals surface area contributed by atoms with Gasteiger partial charge in [0.25, 0.3) is 0 Å². The molecule has 0 saturated carbocycles. The van der Waals surface area contributed by atoms with Gasteiger partial charge in [0.05, 0.1) is 12.8 Å². The molecule has 1 aromatic heterocycles. The number of rotatable bonds is 2. The zero-order valence-corrected chi connectivity index (χ0v) is 9.18. The van der Waals surface area contributed by atoms with Crippen LogP contribution >= 0.6 is 0 Å². The molecule has 4 nitrogen and oxygen atoms in total. The molecule has 1 N–H and O–H groups in total. The normalized spacial score (nSPS) is 12.7. The third-order valence-corrected chi connectivity index (χ3v) is 2.69. The summed E-state index contributed by atoms with van der Waals surface area (Å²) in [5, 5.41) is 10.8. The molecule has 0 aliphatic heterocycles. The summed E-state index contributed by atoms with van der Waals surface area (Å²) in [5.74, 6) is -0.647. The summed E-state index contributed by atoms with van der Waals surface area (Å²) in [6.45, 7) is 0. The molecule has 0 spiro atoms. The molecule has 0 aliphatic rings. The highest BCUT2D eigenvalue weighted by Crippen LogP contribution is 2.23. The highest BCUT2D eigenvalue weighted by atomic mass is 16.5. The van der Waals surface area contributed by atoms with Gasteiger partial charge in [-0.05, 0) is 17.5 Å². The summed E-state index contributed by atoms with van der Waals surface area (Å²) in [6.07, 6.45) is -1.23. The highest BCUT2D eigenvalue weighted by molar-refractivity contribution is 5.84. The van der Waals surface area contributed by atoms with E-state index in [0.29, 0.717) is 5.69 Å². The number of hydrogen-bond acceptors (Lipinski definition) is 3. The Kier molecular flexibility index (Phi) is 2.66. The van der Waals surface area contributed by atoms with Crippen molar-refractivity contribution in [3.8, 4) is 0 Å². The Morgan fingerprint density at radius 3 is 2.75 bits per heavy atom. The minimum atomic E-state index is -1.23. The van der Waals surface area contributed by atoms with Gasteiger partial charge in [0.2, 0.25) is 0 Å². The molecule has 2 rings (SSSR count). The van der Waals surface area contributed by atoms with Crippen LogP contribution in [-0.4, -0.2) is 22.8 Å². The zero-order valence-electron chi connectivity index (χ0n) is 9.18. The number of methoxy groups -OCH3 is 1. The van der Waals surface area contributed by atoms with E-state index in [4.69, 9.17) is 0 Å². The number of para-hydroxylation sites is 1. The van der Waals surface area contributed by atoms with E-state index in [1.165, 1.54) is 7.11 Å². The first kappa shape index (κ1) is 10.7. The van der Waals surface area contributed by atoms with Crippen LogP contribution in [0.3, 0.4) is 0 Å². The lowest BCUT2D eigenvalue weighted by Gasteiger charge is -2.09. The summed E-state index contributed by atoms with van der Waals surface area (Å²) >= 11 is 0. The van der Waals surface area contributed by atoms with E-state index >= 15 is 0 Å². The van der Waals surface area contributed by atoms with E-state index in [2.05, 4.69) is 4.74 Å². The summed E-state index contributed by atoms with van der Waals surface area (Å²) < 4.78 is 6.30. The first-order valence-corrected chi connectivity index (χ1v) is 4.95. The van der Waals surface area contributed by atoms with E-state index in [0.717, 1.165) is 10.9 Å². The number of aliphatic hydroxyl groups is 1. The van der Waals surface area contributed by atoms with Gasteiger partial charge in [0.1, 0.15) is 0 Å². The lowest BCUT2D eigenvalue weighted by atomic mass is 10.2. The van der Waals surface area contributed by atoms with Gasteiger partial charge in [-0.15, -0.1) is 0 Å². The molecule has 0 bridgehead atoms. The number of aromatic nitrogens is 1. The third kappa shape index (κ3) is 1.57. The van der Waals surface area contributed by atoms with Gasteiger partial charge < -0.3 is 14.4 Å². The predicted octanol–water partition coefficient (Wildman–Crippen LogP) is 1.38. The largest absolute Gasteiger partial charge is 0.467 e. The van der Waals surface area contributed by atoms with Gasteiger partial charge in [0.15, 0.2) is 6.10 Å². The van der Waals surface area contributed by atoms with Gasteiger partial charge in [-0.1, -0.05) is 18.2 Å². The van der Waals surface area contributed by atoms with Crippen molar-refractivity contribution in [2.24, 2.45) is 7.05 Å². The minimum absolute atomic E-state index is 0.535. The number of esters is 1. The van der Waals surface area contributed by atoms with Crippen molar-refractivity contribution in [2.75, 3.05) is 7.11 Å². The minimum Gasteiger partial charge on any atom is -0.467 e. The van der Waals surface area contributed by atoms with Crippen LogP contribution in [0, 0.1) is 0 Å². The summed E-state index contributed by atoms with van der Waals surface area (Å²) in [5.41, 5.74) is 1.51. The van der Waals surface area contributed by atoms with Crippen LogP contribution in [0.15, 0.2) is 30.3 Å². The number of nitrogens with zero attached hydrogens (tertiary/aromatic N) is 1. The predicted molar refractivity (Wildman–Crippen MR) is 59.9 cm³/mol. The summed E-state index contributed by atoms with van der Waals surface area (Å²) in [6, 6.07) is 9.48. The Bertz CT molecular complexity index is 530. The number of aryl methyl sites for hydroxylation is 1. The third-order valence-electron chi connectivity index (χ3n) is 2.69. The van der Waals surface area contributed by atoms with Crippen LogP contribution in [-0.2, 0) is 16.6 Å². The molecule has 4 heteroatoms. The van der Waals surface area contributed by atoms with Crippen molar-refractivity contribution in [1.82, 2.24) is 4.57 Å². The lowest BCUT2D eigenvalue weighted by molar-refractivity contribution is -0.151. The Morgan fingerprint density at radius 2 is 2.12 bits per heavy atom. The first-order valence-electron chi connectivity index (χ1n) is 4.95. The van der Waals surface area contributed by atoms with Gasteiger partial charge >= 0.3 is 5.97 Å². The number of ether oxygens (including phenoxy) is 1. The maximum Gasteiger partial charge on any atom is 0.340 e. The molecule has 1 atom stereocenters. The quantitative estimate of drug-likeness (QED) is 0.776. The fourth-order valence-corrected chi connectivity index (χ4v) is 1.81. The van der Waals surface area contributed by atoms with Crippen molar-refractivity contribution in [3.05, 3.63) is 36.0 Å². The monoisotopic (exact) mass is 219 g/mol. The number of carbonyl (C=O) groups is 1. The molecule has 2 aromatic rings. The van der Waals surface area contributed by atoms with Crippen molar-refractivity contribution in [1.29, 1.82) is 0 Å². The van der Waals surface area contributed by atoms with Crippen LogP contribution in [0.1, 0.15) is 11.8 Å². The number of benzene rings is 1. The Morgan fingerprint density at radius 1 is 1.44 bits per heavy atom. The van der Waals surface area contributed by atoms with E-state index in [1.54, 1.807) is 10.6 Å². The number of fused-ring (bicyclic) bond motifs is 1. The molecule has 0 amide bonds. The fraction of sp³-hybridized carbons (Fsp3) is 0.250. The van der Waals surface area contributed by atoms with E-state index < -0.39 is 12.1 Å². The molecule has 1 unspecified atom stereocenters. The van der Waals surface area contributed by atoms with E-state index in [-0.39, 0.29) is 0 Å². The molecular formula is C12H13NO3. The summed E-state index contributed by atoms with van der Waals surface area (Å²) in [4.78, 5) is 11.3. The van der Waals surface area contributed by atoms with Crippen molar-refractivity contribution >= 4 is 16.9 Å². The van der Waals surface area contributed by atoms with E-state index in [9.17, 15) is 9.90 Å². The van der Waals surface area contributed by atoms with Crippen LogP contribution in [0.4, 0.5) is 0 Å². The number of hydrogen-bond donors (Lipinski definition) is 1. The van der Waals surface area contributed by atoms with Crippen molar-refractivity contribution in [2.45, 2.75) is 6.10 Å². The van der Waals surface area contributed by atoms with Crippen LogP contribution in [0.5, 0.6) is 0 Å². The zero-order chi connectivity index (χ0) is 11.7. The van der Waals surface area contributed by atoms with Crippen molar-refractivity contribution in [3.63, 3.8) is 0 Å². The Labute approximate surface area is 93.1 Å². The van der Waals surface area contributed by atoms with Crippen LogP contribution in [0.25, 0.3) is 10.9 Å². The molecule has 1 heterocycles. The van der Waals surface area contributed by atoms with Crippen molar-refractivity contribution < 1.29 is 14.6 Å². The first-order chi connectivity index (χ1) is 7.65. The molecule has 1 aromatic carbocycles. The van der Waals surface area contributed by atoms with Gasteiger partial charge in [0, 0.05) is 12.6 Å². The average Bonchev–Trinajstić information content (AvgIpc) is 2.65. The smallest absolute Gasteiger partial charge is 0.340 e. The lowest BCUT2D eigenvalue weighted by Crippen LogP contribution is -2.16. The topological polar surface area (TPSA) is 51.5 Å². The molecular weight excluding hydrogens is 206 g/mol. The number of carbonyl (C=O) groups excluding carboxylic acids is 1. The van der Waals surface area contributed by atoms with Gasteiger partial charge in [-0.2, -0.15) is 0 Å². The Hall–Kier alpha value is -1.81. The molecule has 84 valence electrons. The van der Waals surface area contributed by atoms with Gasteiger partial charge in [-0.25, -0.2) is 4.79 Å². The summed E-state index contributed by atoms with van der Waals surface area (Å²) in [7, 11) is 3.07. The highest BCUT2D eigenvalue weighted by Gasteiger charge is 2.21. The molecule has 0 radical (unpaired) electrons. The molecule has 0 fully saturated rings. The second-order valence-electron chi connectivity index (χ2n) is 3.61. The van der Waals surface area contributed by atoms with E-state index in [1.807, 2.05) is 31.3 Å². The molecule has 0 aliphatic carbocycles. The maximum atomic E-state index is 11.3. The fourth-order valence-electron chi connectivity index (χ4n) is 1.81. The standard InChI is InChI=1S/C12H13NO3/c1-13-9-6-4-3-5-8(9)7-10(13)11(14)12(15)16-2/h3-7,11,14H,1-2H3. The van der Waals surface area contributed by atoms with Gasteiger partial charge in [-0.3, -0.25) is 0 Å². The SMILES string of the molecule is COC(=O)C(O)c1cc2ccccc2n1C. The van der Waals surface area contributed by atoms with Crippen LogP contribution < -0.4 is 0 Å². The Balaban J connectivity index is 2.53. The molecule has 16 heavy (non-hydrogen) atoms. The second-order valence-corrected chi connectivity index (χ2v) is 3.61. The average molecular weight is 219 g/mol. The second kappa shape index (κ2) is 3.98. The molecule has 0 saturated heterocycles.